The van der Waals surface area contributed by atoms with E-state index < -0.39 is 0 Å². The lowest BCUT2D eigenvalue weighted by Gasteiger charge is -1.98. The van der Waals surface area contributed by atoms with Crippen LogP contribution < -0.4 is 5.32 Å². The van der Waals surface area contributed by atoms with E-state index in [-0.39, 0.29) is 5.91 Å². The van der Waals surface area contributed by atoms with Crippen molar-refractivity contribution in [3.05, 3.63) is 59.6 Å². The molecule has 9 heteroatoms. The molecule has 122 valence electrons. The van der Waals surface area contributed by atoms with Crippen LogP contribution >= 0.6 is 22.7 Å². The summed E-state index contributed by atoms with van der Waals surface area (Å²) in [5, 5.41) is 7.49. The van der Waals surface area contributed by atoms with Crippen LogP contribution in [0.2, 0.25) is 0 Å². The Hall–Kier alpha value is -3.04. The number of aromatic nitrogens is 5. The molecule has 0 atom stereocenters. The highest BCUT2D eigenvalue weighted by atomic mass is 32.1. The molecule has 0 aliphatic carbocycles. The van der Waals surface area contributed by atoms with Crippen molar-refractivity contribution in [1.29, 1.82) is 0 Å². The van der Waals surface area contributed by atoms with Gasteiger partial charge in [0.05, 0.1) is 11.9 Å². The highest BCUT2D eigenvalue weighted by molar-refractivity contribution is 7.14. The molecule has 0 aliphatic heterocycles. The topological polar surface area (TPSA) is 93.6 Å². The minimum Gasteiger partial charge on any atom is -0.296 e. The minimum absolute atomic E-state index is 0.307. The van der Waals surface area contributed by atoms with Gasteiger partial charge in [0.15, 0.2) is 5.13 Å². The molecule has 4 rings (SSSR count). The van der Waals surface area contributed by atoms with Crippen molar-refractivity contribution < 1.29 is 4.79 Å². The van der Waals surface area contributed by atoms with Gasteiger partial charge in [0.25, 0.3) is 5.91 Å². The molecule has 1 amide bonds. The van der Waals surface area contributed by atoms with Gasteiger partial charge in [0.1, 0.15) is 16.4 Å². The molecule has 25 heavy (non-hydrogen) atoms. The van der Waals surface area contributed by atoms with E-state index in [2.05, 4.69) is 30.2 Å². The Morgan fingerprint density at radius 3 is 2.68 bits per heavy atom. The lowest BCUT2D eigenvalue weighted by atomic mass is 10.2. The summed E-state index contributed by atoms with van der Waals surface area (Å²) in [4.78, 5) is 33.3. The van der Waals surface area contributed by atoms with E-state index in [4.69, 9.17) is 0 Å². The van der Waals surface area contributed by atoms with Crippen molar-refractivity contribution in [2.75, 3.05) is 5.32 Å². The Balaban J connectivity index is 1.50. The van der Waals surface area contributed by atoms with Crippen LogP contribution in [0.1, 0.15) is 10.5 Å². The molecule has 4 heterocycles. The monoisotopic (exact) mass is 366 g/mol. The third-order valence-corrected chi connectivity index (χ3v) is 4.82. The van der Waals surface area contributed by atoms with E-state index in [1.165, 1.54) is 22.7 Å². The van der Waals surface area contributed by atoms with Gasteiger partial charge in [-0.25, -0.2) is 9.97 Å². The second-order valence-corrected chi connectivity index (χ2v) is 6.58. The van der Waals surface area contributed by atoms with E-state index in [9.17, 15) is 4.79 Å². The summed E-state index contributed by atoms with van der Waals surface area (Å²) in [7, 11) is 0. The molecular formula is C16H10N6OS2. The predicted molar refractivity (Wildman–Crippen MR) is 96.4 cm³/mol. The van der Waals surface area contributed by atoms with Crippen LogP contribution in [0.15, 0.2) is 53.9 Å². The van der Waals surface area contributed by atoms with Gasteiger partial charge < -0.3 is 0 Å². The van der Waals surface area contributed by atoms with Gasteiger partial charge in [-0.3, -0.25) is 25.1 Å². The fourth-order valence-electron chi connectivity index (χ4n) is 2.04. The SMILES string of the molecule is O=C(Nc1nc(-c2cccnc2)cs1)c1csc(-c2cnccn2)n1. The zero-order chi connectivity index (χ0) is 17.1. The number of carbonyl (C=O) groups is 1. The van der Waals surface area contributed by atoms with Crippen molar-refractivity contribution in [3.8, 4) is 22.0 Å². The molecule has 0 bridgehead atoms. The maximum Gasteiger partial charge on any atom is 0.276 e. The third-order valence-electron chi connectivity index (χ3n) is 3.20. The van der Waals surface area contributed by atoms with E-state index in [0.717, 1.165) is 11.3 Å². The first-order valence-corrected chi connectivity index (χ1v) is 8.95. The average Bonchev–Trinajstić information content (AvgIpc) is 3.33. The van der Waals surface area contributed by atoms with Gasteiger partial charge in [-0.05, 0) is 12.1 Å². The Bertz CT molecular complexity index is 1000. The van der Waals surface area contributed by atoms with Crippen LogP contribution in [-0.2, 0) is 0 Å². The fourth-order valence-corrected chi connectivity index (χ4v) is 3.52. The van der Waals surface area contributed by atoms with E-state index in [0.29, 0.717) is 21.5 Å². The number of rotatable bonds is 4. The first-order chi connectivity index (χ1) is 12.3. The first-order valence-electron chi connectivity index (χ1n) is 7.19. The molecule has 0 spiro atoms. The quantitative estimate of drug-likeness (QED) is 0.595. The number of amides is 1. The van der Waals surface area contributed by atoms with Crippen molar-refractivity contribution in [2.45, 2.75) is 0 Å². The molecule has 4 aromatic rings. The van der Waals surface area contributed by atoms with Gasteiger partial charge in [-0.15, -0.1) is 22.7 Å². The Labute approximate surface area is 150 Å². The highest BCUT2D eigenvalue weighted by Crippen LogP contribution is 2.25. The van der Waals surface area contributed by atoms with Crippen LogP contribution in [0.5, 0.6) is 0 Å². The summed E-state index contributed by atoms with van der Waals surface area (Å²) in [5.74, 6) is -0.307. The Morgan fingerprint density at radius 1 is 0.960 bits per heavy atom. The third kappa shape index (κ3) is 3.42. The van der Waals surface area contributed by atoms with Crippen LogP contribution in [0.3, 0.4) is 0 Å². The second kappa shape index (κ2) is 6.83. The number of anilines is 1. The zero-order valence-corrected chi connectivity index (χ0v) is 14.3. The summed E-state index contributed by atoms with van der Waals surface area (Å²) in [6, 6.07) is 3.76. The normalized spacial score (nSPS) is 10.6. The molecule has 0 radical (unpaired) electrons. The predicted octanol–water partition coefficient (Wildman–Crippen LogP) is 3.37. The summed E-state index contributed by atoms with van der Waals surface area (Å²) in [6.45, 7) is 0. The molecule has 0 aromatic carbocycles. The Kier molecular flexibility index (Phi) is 4.23. The maximum atomic E-state index is 12.4. The van der Waals surface area contributed by atoms with Crippen molar-refractivity contribution in [2.24, 2.45) is 0 Å². The summed E-state index contributed by atoms with van der Waals surface area (Å²) >= 11 is 2.70. The first kappa shape index (κ1) is 15.5. The fraction of sp³-hybridized carbons (Fsp3) is 0. The van der Waals surface area contributed by atoms with Crippen LogP contribution in [0, 0.1) is 0 Å². The number of nitrogens with zero attached hydrogens (tertiary/aromatic N) is 5. The number of thiazole rings is 2. The lowest BCUT2D eigenvalue weighted by molar-refractivity contribution is 0.102. The van der Waals surface area contributed by atoms with Crippen molar-refractivity contribution in [1.82, 2.24) is 24.9 Å². The summed E-state index contributed by atoms with van der Waals surface area (Å²) in [6.07, 6.45) is 8.23. The minimum atomic E-state index is -0.307. The molecule has 1 N–H and O–H groups in total. The zero-order valence-electron chi connectivity index (χ0n) is 12.7. The van der Waals surface area contributed by atoms with Gasteiger partial charge in [0, 0.05) is 41.1 Å². The molecule has 0 fully saturated rings. The largest absolute Gasteiger partial charge is 0.296 e. The number of hydrogen-bond acceptors (Lipinski definition) is 8. The molecule has 4 aromatic heterocycles. The van der Waals surface area contributed by atoms with Crippen LogP contribution in [0.4, 0.5) is 5.13 Å². The smallest absolute Gasteiger partial charge is 0.276 e. The number of carbonyl (C=O) groups excluding carboxylic acids is 1. The molecular weight excluding hydrogens is 356 g/mol. The highest BCUT2D eigenvalue weighted by Gasteiger charge is 2.14. The molecule has 0 saturated heterocycles. The standard InChI is InChI=1S/C16H10N6OS2/c23-14(13-9-24-15(20-13)11-7-18-4-5-19-11)22-16-21-12(8-25-16)10-2-1-3-17-6-10/h1-9H,(H,21,22,23). The molecule has 7 nitrogen and oxygen atoms in total. The van der Waals surface area contributed by atoms with Crippen LogP contribution in [0.25, 0.3) is 22.0 Å². The number of nitrogens with one attached hydrogen (secondary N) is 1. The van der Waals surface area contributed by atoms with Crippen molar-refractivity contribution in [3.63, 3.8) is 0 Å². The maximum absolute atomic E-state index is 12.4. The van der Waals surface area contributed by atoms with Gasteiger partial charge in [0.2, 0.25) is 0 Å². The van der Waals surface area contributed by atoms with Gasteiger partial charge in [-0.1, -0.05) is 0 Å². The van der Waals surface area contributed by atoms with E-state index in [1.807, 2.05) is 17.5 Å². The molecule has 0 unspecified atom stereocenters. The molecule has 0 aliphatic rings. The van der Waals surface area contributed by atoms with Gasteiger partial charge in [-0.2, -0.15) is 0 Å². The van der Waals surface area contributed by atoms with E-state index in [1.54, 1.807) is 36.4 Å². The summed E-state index contributed by atoms with van der Waals surface area (Å²) < 4.78 is 0. The van der Waals surface area contributed by atoms with E-state index >= 15 is 0 Å². The summed E-state index contributed by atoms with van der Waals surface area (Å²) in [5.41, 5.74) is 2.63. The Morgan fingerprint density at radius 2 is 1.88 bits per heavy atom. The van der Waals surface area contributed by atoms with Crippen LogP contribution in [-0.4, -0.2) is 30.8 Å². The lowest BCUT2D eigenvalue weighted by Crippen LogP contribution is -2.12. The van der Waals surface area contributed by atoms with Crippen molar-refractivity contribution >= 4 is 33.7 Å². The molecule has 0 saturated carbocycles. The average molecular weight is 366 g/mol. The van der Waals surface area contributed by atoms with Gasteiger partial charge >= 0.3 is 0 Å². The number of pyridine rings is 1. The second-order valence-electron chi connectivity index (χ2n) is 4.86. The number of hydrogen-bond donors (Lipinski definition) is 1.